The molecule has 180 valence electrons. The van der Waals surface area contributed by atoms with Gasteiger partial charge in [0.1, 0.15) is 16.8 Å². The maximum absolute atomic E-state index is 13.5. The van der Waals surface area contributed by atoms with E-state index in [1.54, 1.807) is 17.7 Å². The number of methoxy groups -OCH3 is 1. The van der Waals surface area contributed by atoms with Gasteiger partial charge in [0.2, 0.25) is 5.88 Å². The summed E-state index contributed by atoms with van der Waals surface area (Å²) < 4.78 is 19.4. The fourth-order valence-corrected chi connectivity index (χ4v) is 5.86. The summed E-state index contributed by atoms with van der Waals surface area (Å²) in [7, 11) is 1.59. The van der Waals surface area contributed by atoms with E-state index in [0.29, 0.717) is 18.7 Å². The lowest BCUT2D eigenvalue weighted by atomic mass is 9.61. The number of hydrogen-bond donors (Lipinski definition) is 1. The van der Waals surface area contributed by atoms with Crippen molar-refractivity contribution in [1.82, 2.24) is 9.55 Å². The van der Waals surface area contributed by atoms with Crippen LogP contribution in [0.3, 0.4) is 0 Å². The van der Waals surface area contributed by atoms with E-state index in [0.717, 1.165) is 27.9 Å². The van der Waals surface area contributed by atoms with Gasteiger partial charge in [-0.05, 0) is 38.5 Å². The fourth-order valence-electron chi connectivity index (χ4n) is 5.86. The average Bonchev–Trinajstić information content (AvgIpc) is 3.31. The van der Waals surface area contributed by atoms with Crippen LogP contribution in [-0.4, -0.2) is 51.3 Å². The summed E-state index contributed by atoms with van der Waals surface area (Å²) in [5, 5.41) is 11.5. The van der Waals surface area contributed by atoms with Crippen LogP contribution >= 0.6 is 0 Å². The van der Waals surface area contributed by atoms with Crippen molar-refractivity contribution in [1.29, 1.82) is 0 Å². The average molecular weight is 465 g/mol. The van der Waals surface area contributed by atoms with Crippen LogP contribution in [0.1, 0.15) is 51.6 Å². The lowest BCUT2D eigenvalue weighted by Gasteiger charge is -2.40. The van der Waals surface area contributed by atoms with Gasteiger partial charge in [-0.15, -0.1) is 0 Å². The molecule has 0 bridgehead atoms. The Morgan fingerprint density at radius 2 is 1.91 bits per heavy atom. The highest BCUT2D eigenvalue weighted by atomic mass is 16.6. The van der Waals surface area contributed by atoms with Gasteiger partial charge in [-0.3, -0.25) is 0 Å². The van der Waals surface area contributed by atoms with Gasteiger partial charge < -0.3 is 19.3 Å². The molecule has 7 nitrogen and oxygen atoms in total. The van der Waals surface area contributed by atoms with Crippen LogP contribution < -0.4 is 4.74 Å². The smallest absolute Gasteiger partial charge is 0.419 e. The van der Waals surface area contributed by atoms with E-state index < -0.39 is 28.3 Å². The number of epoxide rings is 1. The number of aliphatic hydroxyl groups excluding tert-OH is 1. The minimum absolute atomic E-state index is 0.119. The van der Waals surface area contributed by atoms with E-state index in [4.69, 9.17) is 14.2 Å². The van der Waals surface area contributed by atoms with Crippen molar-refractivity contribution in [2.75, 3.05) is 13.7 Å². The number of nitrogens with zero attached hydrogens (tertiary/aromatic N) is 2. The largest absolute Gasteiger partial charge is 0.481 e. The van der Waals surface area contributed by atoms with Gasteiger partial charge in [0, 0.05) is 41.1 Å². The number of para-hydroxylation sites is 1. The van der Waals surface area contributed by atoms with Crippen molar-refractivity contribution in [3.63, 3.8) is 0 Å². The molecular weight excluding hydrogens is 432 g/mol. The Labute approximate surface area is 199 Å². The van der Waals surface area contributed by atoms with Gasteiger partial charge in [0.15, 0.2) is 0 Å². The third kappa shape index (κ3) is 3.10. The van der Waals surface area contributed by atoms with E-state index in [1.807, 2.05) is 57.2 Å². The van der Waals surface area contributed by atoms with E-state index in [-0.39, 0.29) is 6.61 Å². The minimum atomic E-state index is -0.753. The Morgan fingerprint density at radius 3 is 2.59 bits per heavy atom. The number of fused-ring (bicyclic) bond motifs is 4. The summed E-state index contributed by atoms with van der Waals surface area (Å²) >= 11 is 0. The highest BCUT2D eigenvalue weighted by Crippen LogP contribution is 2.66. The maximum Gasteiger partial charge on any atom is 0.419 e. The first-order valence-electron chi connectivity index (χ1n) is 11.7. The topological polar surface area (TPSA) is 86.1 Å². The Hall–Kier alpha value is -2.90. The van der Waals surface area contributed by atoms with Crippen LogP contribution in [-0.2, 0) is 27.7 Å². The Morgan fingerprint density at radius 1 is 1.18 bits per heavy atom. The van der Waals surface area contributed by atoms with E-state index in [9.17, 15) is 9.90 Å². The number of rotatable bonds is 4. The number of aliphatic hydroxyl groups is 1. The summed E-state index contributed by atoms with van der Waals surface area (Å²) in [6.45, 7) is 9.65. The molecule has 2 unspecified atom stereocenters. The molecule has 3 aromatic rings. The number of aromatic nitrogens is 2. The molecule has 1 fully saturated rings. The van der Waals surface area contributed by atoms with Crippen molar-refractivity contribution >= 4 is 17.0 Å². The molecule has 0 saturated carbocycles. The van der Waals surface area contributed by atoms with Crippen molar-refractivity contribution in [3.8, 4) is 5.88 Å². The predicted molar refractivity (Wildman–Crippen MR) is 128 cm³/mol. The first kappa shape index (κ1) is 22.9. The van der Waals surface area contributed by atoms with E-state index >= 15 is 0 Å². The van der Waals surface area contributed by atoms with Crippen LogP contribution in [0.5, 0.6) is 5.88 Å². The molecule has 0 radical (unpaired) electrons. The Balaban J connectivity index is 1.71. The fraction of sp³-hybridized carbons (Fsp3) is 0.481. The van der Waals surface area contributed by atoms with E-state index in [2.05, 4.69) is 18.8 Å². The van der Waals surface area contributed by atoms with Crippen LogP contribution in [0.25, 0.3) is 10.9 Å². The van der Waals surface area contributed by atoms with Gasteiger partial charge in [0.05, 0.1) is 19.2 Å². The van der Waals surface area contributed by atoms with Crippen LogP contribution in [0.15, 0.2) is 42.5 Å². The molecule has 0 spiro atoms. The first-order chi connectivity index (χ1) is 16.0. The summed E-state index contributed by atoms with van der Waals surface area (Å²) in [6, 6.07) is 13.5. The molecule has 2 atom stereocenters. The second-order valence-electron chi connectivity index (χ2n) is 10.9. The summed E-state index contributed by atoms with van der Waals surface area (Å²) in [6.07, 6.45) is 0.570. The van der Waals surface area contributed by atoms with Crippen molar-refractivity contribution < 1.29 is 24.1 Å². The van der Waals surface area contributed by atoms with Gasteiger partial charge in [-0.25, -0.2) is 14.3 Å². The summed E-state index contributed by atoms with van der Waals surface area (Å²) in [5.74, 6) is 0.529. The molecule has 34 heavy (non-hydrogen) atoms. The summed E-state index contributed by atoms with van der Waals surface area (Å²) in [5.41, 5.74) is 0.738. The Kier molecular flexibility index (Phi) is 4.91. The van der Waals surface area contributed by atoms with Crippen molar-refractivity contribution in [2.24, 2.45) is 0 Å². The molecular formula is C27H32N2O5. The SMILES string of the molecule is COc1cccc(CC23OC2(CO)Cc2c(n(C(=O)OC(C)(C)C)c4ccccc24)C3(C)C)n1. The standard InChI is InChI=1S/C27H32N2O5/c1-24(2,3)33-23(31)29-20-12-8-7-11-18(20)19-15-26(16-30)27(34-26,25(4,5)22(19)29)14-17-10-9-13-21(28-17)32-6/h7-13,30H,14-16H2,1-6H3. The highest BCUT2D eigenvalue weighted by molar-refractivity contribution is 5.95. The van der Waals surface area contributed by atoms with Crippen LogP contribution in [0, 0.1) is 0 Å². The number of ether oxygens (including phenoxy) is 3. The second kappa shape index (κ2) is 7.30. The zero-order valence-electron chi connectivity index (χ0n) is 20.6. The molecule has 2 aliphatic rings. The number of hydrogen-bond acceptors (Lipinski definition) is 6. The molecule has 0 amide bonds. The minimum Gasteiger partial charge on any atom is -0.481 e. The monoisotopic (exact) mass is 464 g/mol. The third-order valence-electron chi connectivity index (χ3n) is 7.36. The zero-order chi connectivity index (χ0) is 24.5. The van der Waals surface area contributed by atoms with Crippen molar-refractivity contribution in [2.45, 2.75) is 69.7 Å². The lowest BCUT2D eigenvalue weighted by Crippen LogP contribution is -2.52. The number of pyridine rings is 1. The predicted octanol–water partition coefficient (Wildman–Crippen LogP) is 4.40. The highest BCUT2D eigenvalue weighted by Gasteiger charge is 2.79. The number of benzene rings is 1. The maximum atomic E-state index is 13.5. The number of carbonyl (C=O) groups excluding carboxylic acids is 1. The quantitative estimate of drug-likeness (QED) is 0.576. The van der Waals surface area contributed by atoms with Gasteiger partial charge >= 0.3 is 6.09 Å². The van der Waals surface area contributed by atoms with Crippen LogP contribution in [0.2, 0.25) is 0 Å². The van der Waals surface area contributed by atoms with Crippen LogP contribution in [0.4, 0.5) is 4.79 Å². The first-order valence-corrected chi connectivity index (χ1v) is 11.7. The third-order valence-corrected chi connectivity index (χ3v) is 7.36. The van der Waals surface area contributed by atoms with Gasteiger partial charge in [0.25, 0.3) is 0 Å². The summed E-state index contributed by atoms with van der Waals surface area (Å²) in [4.78, 5) is 18.1. The Bertz CT molecular complexity index is 1290. The second-order valence-corrected chi connectivity index (χ2v) is 10.9. The zero-order valence-corrected chi connectivity index (χ0v) is 20.6. The molecule has 3 heterocycles. The molecule has 7 heteroatoms. The molecule has 1 aliphatic heterocycles. The molecule has 1 aliphatic carbocycles. The van der Waals surface area contributed by atoms with E-state index in [1.165, 1.54) is 0 Å². The van der Waals surface area contributed by atoms with Gasteiger partial charge in [-0.1, -0.05) is 38.1 Å². The molecule has 2 aromatic heterocycles. The van der Waals surface area contributed by atoms with Crippen molar-refractivity contribution in [3.05, 3.63) is 59.4 Å². The lowest BCUT2D eigenvalue weighted by molar-refractivity contribution is 0.0527. The molecule has 5 rings (SSSR count). The van der Waals surface area contributed by atoms with Gasteiger partial charge in [-0.2, -0.15) is 0 Å². The number of carbonyl (C=O) groups is 1. The molecule has 1 N–H and O–H groups in total. The molecule has 1 saturated heterocycles. The molecule has 1 aromatic carbocycles. The normalized spacial score (nSPS) is 24.9.